The van der Waals surface area contributed by atoms with Gasteiger partial charge in [-0.05, 0) is 41.7 Å². The van der Waals surface area contributed by atoms with Crippen LogP contribution in [0.1, 0.15) is 46.4 Å². The molecule has 0 aliphatic carbocycles. The summed E-state index contributed by atoms with van der Waals surface area (Å²) in [4.78, 5) is 21.6. The van der Waals surface area contributed by atoms with E-state index in [0.29, 0.717) is 36.7 Å². The van der Waals surface area contributed by atoms with Crippen molar-refractivity contribution in [3.63, 3.8) is 0 Å². The average Bonchev–Trinajstić information content (AvgIpc) is 3.57. The summed E-state index contributed by atoms with van der Waals surface area (Å²) in [5, 5.41) is 25.2. The zero-order valence-electron chi connectivity index (χ0n) is 21.3. The number of tetrazole rings is 1. The van der Waals surface area contributed by atoms with E-state index >= 15 is 0 Å². The van der Waals surface area contributed by atoms with Crippen LogP contribution < -0.4 is 5.32 Å². The Morgan fingerprint density at radius 3 is 2.54 bits per heavy atom. The van der Waals surface area contributed by atoms with Gasteiger partial charge in [0, 0.05) is 44.5 Å². The van der Waals surface area contributed by atoms with E-state index in [-0.39, 0.29) is 30.4 Å². The molecule has 1 aromatic carbocycles. The molecule has 2 aromatic heterocycles. The molecular weight excluding hydrogens is 513 g/mol. The first-order valence-corrected chi connectivity index (χ1v) is 13.0. The van der Waals surface area contributed by atoms with Crippen LogP contribution in [0.15, 0.2) is 48.7 Å². The van der Waals surface area contributed by atoms with E-state index in [2.05, 4.69) is 25.7 Å². The number of benzene rings is 1. The monoisotopic (exact) mass is 544 g/mol. The summed E-state index contributed by atoms with van der Waals surface area (Å²) in [5.41, 5.74) is 2.31. The van der Waals surface area contributed by atoms with Crippen molar-refractivity contribution in [2.24, 2.45) is 0 Å². The molecule has 2 N–H and O–H groups in total. The van der Waals surface area contributed by atoms with Gasteiger partial charge >= 0.3 is 6.18 Å². The summed E-state index contributed by atoms with van der Waals surface area (Å²) in [6, 6.07) is 13.6. The van der Waals surface area contributed by atoms with Crippen molar-refractivity contribution < 1.29 is 23.1 Å². The highest BCUT2D eigenvalue weighted by Crippen LogP contribution is 2.26. The van der Waals surface area contributed by atoms with Crippen molar-refractivity contribution in [3.8, 4) is 0 Å². The number of piperazine rings is 1. The lowest BCUT2D eigenvalue weighted by Gasteiger charge is -2.33. The van der Waals surface area contributed by atoms with Gasteiger partial charge in [-0.3, -0.25) is 14.7 Å². The molecule has 2 saturated heterocycles. The molecule has 0 bridgehead atoms. The van der Waals surface area contributed by atoms with Crippen molar-refractivity contribution >= 4 is 5.91 Å². The molecule has 0 saturated carbocycles. The molecular formula is C26H31F3N8O2. The fourth-order valence-corrected chi connectivity index (χ4v) is 5.14. The van der Waals surface area contributed by atoms with Gasteiger partial charge in [0.25, 0.3) is 5.91 Å². The number of carbonyl (C=O) groups excluding carboxylic acids is 1. The van der Waals surface area contributed by atoms with Crippen LogP contribution in [-0.4, -0.2) is 90.4 Å². The molecule has 2 aliphatic heterocycles. The Morgan fingerprint density at radius 1 is 1.08 bits per heavy atom. The molecule has 39 heavy (non-hydrogen) atoms. The lowest BCUT2D eigenvalue weighted by molar-refractivity contribution is -0.145. The predicted octanol–water partition coefficient (Wildman–Crippen LogP) is 1.99. The molecule has 3 aromatic rings. The minimum Gasteiger partial charge on any atom is -0.387 e. The molecule has 13 heteroatoms. The first-order valence-electron chi connectivity index (χ1n) is 13.0. The number of nitrogens with one attached hydrogen (secondary N) is 1. The number of pyridine rings is 1. The van der Waals surface area contributed by atoms with E-state index in [4.69, 9.17) is 0 Å². The third-order valence-electron chi connectivity index (χ3n) is 7.16. The van der Waals surface area contributed by atoms with Crippen LogP contribution in [0, 0.1) is 0 Å². The molecule has 4 heterocycles. The van der Waals surface area contributed by atoms with Crippen LogP contribution in [0.3, 0.4) is 0 Å². The van der Waals surface area contributed by atoms with Gasteiger partial charge < -0.3 is 15.3 Å². The van der Waals surface area contributed by atoms with Crippen molar-refractivity contribution in [3.05, 3.63) is 71.3 Å². The lowest BCUT2D eigenvalue weighted by atomic mass is 10.0. The second-order valence-corrected chi connectivity index (χ2v) is 10.1. The van der Waals surface area contributed by atoms with Crippen molar-refractivity contribution in [1.29, 1.82) is 0 Å². The summed E-state index contributed by atoms with van der Waals surface area (Å²) in [5.74, 6) is 0.0643. The number of halogens is 3. The molecule has 208 valence electrons. The quantitative estimate of drug-likeness (QED) is 0.443. The van der Waals surface area contributed by atoms with Crippen molar-refractivity contribution in [1.82, 2.24) is 40.3 Å². The van der Waals surface area contributed by atoms with Gasteiger partial charge in [-0.1, -0.05) is 36.4 Å². The zero-order chi connectivity index (χ0) is 27.4. The van der Waals surface area contributed by atoms with Gasteiger partial charge in [0.2, 0.25) is 0 Å². The summed E-state index contributed by atoms with van der Waals surface area (Å²) in [6.07, 6.45) is -0.609. The summed E-state index contributed by atoms with van der Waals surface area (Å²) < 4.78 is 37.4. The number of nitrogens with zero attached hydrogens (tertiary/aromatic N) is 7. The number of aliphatic hydroxyl groups excluding tert-OH is 1. The van der Waals surface area contributed by atoms with Gasteiger partial charge in [0.1, 0.15) is 5.69 Å². The van der Waals surface area contributed by atoms with E-state index in [1.165, 1.54) is 0 Å². The molecule has 1 amide bonds. The van der Waals surface area contributed by atoms with Crippen LogP contribution in [0.25, 0.3) is 0 Å². The van der Waals surface area contributed by atoms with E-state index in [1.54, 1.807) is 17.2 Å². The van der Waals surface area contributed by atoms with Crippen LogP contribution in [0.4, 0.5) is 13.2 Å². The summed E-state index contributed by atoms with van der Waals surface area (Å²) >= 11 is 0. The highest BCUT2D eigenvalue weighted by Gasteiger charge is 2.31. The number of alkyl halides is 3. The standard InChI is InChI=1S/C26H31F3N8O2/c27-26(28,29)17-37-33-23(32-34-37)16-35-10-12-36(13-11-35)25(39)22-8-6-18(15-30-22)14-20-7-9-21(31-20)24(38)19-4-2-1-3-5-19/h1-6,8,15,20-21,24,31,38H,7,9-14,16-17H2/t20-,21+,24+/m0/s1. The van der Waals surface area contributed by atoms with E-state index in [1.807, 2.05) is 41.3 Å². The zero-order valence-corrected chi connectivity index (χ0v) is 21.3. The molecule has 0 spiro atoms. The Balaban J connectivity index is 1.07. The normalized spacial score (nSPS) is 21.3. The SMILES string of the molecule is O=C(c1ccc(C[C@@H]2CC[C@H]([C@H](O)c3ccccc3)N2)cn1)N1CCN(Cc2nnn(CC(F)(F)F)n2)CC1. The average molecular weight is 545 g/mol. The smallest absolute Gasteiger partial charge is 0.387 e. The Kier molecular flexibility index (Phi) is 8.19. The third-order valence-corrected chi connectivity index (χ3v) is 7.16. The fourth-order valence-electron chi connectivity index (χ4n) is 5.14. The topological polar surface area (TPSA) is 112 Å². The highest BCUT2D eigenvalue weighted by molar-refractivity contribution is 5.92. The molecule has 3 atom stereocenters. The maximum atomic E-state index is 13.0. The molecule has 0 unspecified atom stereocenters. The summed E-state index contributed by atoms with van der Waals surface area (Å²) in [6.45, 7) is 1.02. The Labute approximate surface area is 223 Å². The van der Waals surface area contributed by atoms with Gasteiger partial charge in [-0.2, -0.15) is 18.0 Å². The number of hydrogen-bond acceptors (Lipinski definition) is 8. The Bertz CT molecular complexity index is 1230. The molecule has 2 aliphatic rings. The van der Waals surface area contributed by atoms with Gasteiger partial charge in [0.05, 0.1) is 12.6 Å². The second-order valence-electron chi connectivity index (χ2n) is 10.1. The minimum atomic E-state index is -4.40. The number of rotatable bonds is 8. The number of hydrogen-bond donors (Lipinski definition) is 2. The Hall–Kier alpha value is -3.42. The largest absolute Gasteiger partial charge is 0.409 e. The highest BCUT2D eigenvalue weighted by atomic mass is 19.4. The van der Waals surface area contributed by atoms with E-state index in [9.17, 15) is 23.1 Å². The number of carbonyl (C=O) groups is 1. The lowest BCUT2D eigenvalue weighted by Crippen LogP contribution is -2.48. The maximum Gasteiger partial charge on any atom is 0.409 e. The number of aliphatic hydroxyl groups is 1. The molecule has 5 rings (SSSR count). The van der Waals surface area contributed by atoms with Crippen molar-refractivity contribution in [2.75, 3.05) is 26.2 Å². The summed E-state index contributed by atoms with van der Waals surface area (Å²) in [7, 11) is 0. The third kappa shape index (κ3) is 7.16. The minimum absolute atomic E-state index is 0.00695. The molecule has 10 nitrogen and oxygen atoms in total. The molecule has 2 fully saturated rings. The number of aromatic nitrogens is 5. The first kappa shape index (κ1) is 27.2. The van der Waals surface area contributed by atoms with Crippen LogP contribution >= 0.6 is 0 Å². The predicted molar refractivity (Wildman–Crippen MR) is 134 cm³/mol. The fraction of sp³-hybridized carbons (Fsp3) is 0.500. The molecule has 0 radical (unpaired) electrons. The van der Waals surface area contributed by atoms with Crippen LogP contribution in [0.5, 0.6) is 0 Å². The first-order chi connectivity index (χ1) is 18.7. The van der Waals surface area contributed by atoms with Gasteiger partial charge in [-0.25, -0.2) is 0 Å². The van der Waals surface area contributed by atoms with Crippen LogP contribution in [0.2, 0.25) is 0 Å². The van der Waals surface area contributed by atoms with Crippen LogP contribution in [-0.2, 0) is 19.5 Å². The van der Waals surface area contributed by atoms with Crippen molar-refractivity contribution in [2.45, 2.75) is 56.7 Å². The second kappa shape index (κ2) is 11.8. The van der Waals surface area contributed by atoms with E-state index < -0.39 is 18.8 Å². The van der Waals surface area contributed by atoms with E-state index in [0.717, 1.165) is 30.4 Å². The van der Waals surface area contributed by atoms with Gasteiger partial charge in [0.15, 0.2) is 12.4 Å². The van der Waals surface area contributed by atoms with Gasteiger partial charge in [-0.15, -0.1) is 10.2 Å². The maximum absolute atomic E-state index is 13.0. The Morgan fingerprint density at radius 2 is 1.85 bits per heavy atom. The number of amides is 1.